The number of aliphatic carboxylic acids is 1. The van der Waals surface area contributed by atoms with Crippen LogP contribution in [0.15, 0.2) is 0 Å². The molecular weight excluding hydrogens is 268 g/mol. The van der Waals surface area contributed by atoms with Crippen LogP contribution in [0.25, 0.3) is 0 Å². The lowest BCUT2D eigenvalue weighted by atomic mass is 9.67. The van der Waals surface area contributed by atoms with E-state index in [-0.39, 0.29) is 17.5 Å². The maximum absolute atomic E-state index is 12.1. The van der Waals surface area contributed by atoms with Crippen LogP contribution in [0, 0.1) is 11.3 Å². The van der Waals surface area contributed by atoms with Crippen LogP contribution in [-0.4, -0.2) is 29.7 Å². The molecule has 2 aliphatic carbocycles. The SMILES string of the molecule is CCC1(CNC(=O)NC2CCCCCC2C(=O)O)CCC1. The molecule has 0 saturated heterocycles. The topological polar surface area (TPSA) is 78.4 Å². The van der Waals surface area contributed by atoms with Crippen molar-refractivity contribution in [2.75, 3.05) is 6.54 Å². The van der Waals surface area contributed by atoms with Crippen molar-refractivity contribution in [3.8, 4) is 0 Å². The summed E-state index contributed by atoms with van der Waals surface area (Å²) in [6.45, 7) is 2.88. The quantitative estimate of drug-likeness (QED) is 0.683. The fourth-order valence-electron chi connectivity index (χ4n) is 3.60. The molecule has 2 aliphatic rings. The number of urea groups is 1. The van der Waals surface area contributed by atoms with Gasteiger partial charge in [0.25, 0.3) is 0 Å². The van der Waals surface area contributed by atoms with Gasteiger partial charge in [-0.15, -0.1) is 0 Å². The maximum Gasteiger partial charge on any atom is 0.315 e. The molecule has 0 aromatic rings. The van der Waals surface area contributed by atoms with E-state index in [9.17, 15) is 14.7 Å². The van der Waals surface area contributed by atoms with Crippen molar-refractivity contribution in [1.82, 2.24) is 10.6 Å². The third-order valence-corrected chi connectivity index (χ3v) is 5.44. The Kier molecular flexibility index (Phi) is 5.48. The first-order valence-corrected chi connectivity index (χ1v) is 8.33. The van der Waals surface area contributed by atoms with Crippen molar-refractivity contribution in [2.45, 2.75) is 70.8 Å². The average molecular weight is 296 g/mol. The van der Waals surface area contributed by atoms with Gasteiger partial charge in [0.05, 0.1) is 5.92 Å². The summed E-state index contributed by atoms with van der Waals surface area (Å²) in [5, 5.41) is 15.2. The van der Waals surface area contributed by atoms with Crippen LogP contribution in [0.3, 0.4) is 0 Å². The number of hydrogen-bond acceptors (Lipinski definition) is 2. The Labute approximate surface area is 126 Å². The normalized spacial score (nSPS) is 28.0. The van der Waals surface area contributed by atoms with Crippen molar-refractivity contribution >= 4 is 12.0 Å². The molecule has 3 N–H and O–H groups in total. The minimum atomic E-state index is -0.786. The van der Waals surface area contributed by atoms with Gasteiger partial charge in [0, 0.05) is 12.6 Å². The van der Waals surface area contributed by atoms with E-state index in [2.05, 4.69) is 17.6 Å². The number of carboxylic acid groups (broad SMARTS) is 1. The summed E-state index contributed by atoms with van der Waals surface area (Å²) in [6, 6.07) is -0.433. The second kappa shape index (κ2) is 7.14. The predicted molar refractivity (Wildman–Crippen MR) is 81.1 cm³/mol. The van der Waals surface area contributed by atoms with E-state index in [0.29, 0.717) is 13.0 Å². The Bertz CT molecular complexity index is 374. The van der Waals surface area contributed by atoms with Crippen LogP contribution in [0.2, 0.25) is 0 Å². The molecule has 5 heteroatoms. The van der Waals surface area contributed by atoms with E-state index in [1.807, 2.05) is 0 Å². The lowest BCUT2D eigenvalue weighted by Gasteiger charge is -2.41. The summed E-state index contributed by atoms with van der Waals surface area (Å²) in [6.07, 6.45) is 9.14. The molecule has 5 nitrogen and oxygen atoms in total. The molecule has 2 rings (SSSR count). The highest BCUT2D eigenvalue weighted by Gasteiger charge is 2.36. The van der Waals surface area contributed by atoms with Gasteiger partial charge in [-0.2, -0.15) is 0 Å². The molecule has 120 valence electrons. The lowest BCUT2D eigenvalue weighted by Crippen LogP contribution is -2.50. The molecule has 0 aliphatic heterocycles. The molecule has 0 aromatic carbocycles. The third kappa shape index (κ3) is 4.11. The largest absolute Gasteiger partial charge is 0.481 e. The Balaban J connectivity index is 1.83. The molecule has 0 spiro atoms. The summed E-state index contributed by atoms with van der Waals surface area (Å²) in [4.78, 5) is 23.4. The highest BCUT2D eigenvalue weighted by atomic mass is 16.4. The third-order valence-electron chi connectivity index (χ3n) is 5.44. The smallest absolute Gasteiger partial charge is 0.315 e. The fourth-order valence-corrected chi connectivity index (χ4v) is 3.60. The second-order valence-electron chi connectivity index (χ2n) is 6.72. The zero-order valence-corrected chi connectivity index (χ0v) is 13.0. The van der Waals surface area contributed by atoms with Crippen LogP contribution in [0.4, 0.5) is 4.79 Å². The zero-order chi connectivity index (χ0) is 15.3. The van der Waals surface area contributed by atoms with Crippen LogP contribution >= 0.6 is 0 Å². The Morgan fingerprint density at radius 1 is 1.14 bits per heavy atom. The zero-order valence-electron chi connectivity index (χ0n) is 13.0. The molecule has 0 heterocycles. The molecule has 2 unspecified atom stereocenters. The standard InChI is InChI=1S/C16H28N2O3/c1-2-16(9-6-10-16)11-17-15(21)18-13-8-5-3-4-7-12(13)14(19)20/h12-13H,2-11H2,1H3,(H,19,20)(H2,17,18,21). The van der Waals surface area contributed by atoms with Gasteiger partial charge in [-0.3, -0.25) is 4.79 Å². The number of amides is 2. The first kappa shape index (κ1) is 16.1. The summed E-state index contributed by atoms with van der Waals surface area (Å²) in [5.74, 6) is -1.23. The Hall–Kier alpha value is -1.26. The van der Waals surface area contributed by atoms with Crippen LogP contribution in [-0.2, 0) is 4.79 Å². The van der Waals surface area contributed by atoms with Crippen molar-refractivity contribution in [3.63, 3.8) is 0 Å². The summed E-state index contributed by atoms with van der Waals surface area (Å²) >= 11 is 0. The first-order chi connectivity index (χ1) is 10.1. The van der Waals surface area contributed by atoms with E-state index >= 15 is 0 Å². The number of carbonyl (C=O) groups excluding carboxylic acids is 1. The fraction of sp³-hybridized carbons (Fsp3) is 0.875. The van der Waals surface area contributed by atoms with E-state index in [1.54, 1.807) is 0 Å². The molecule has 21 heavy (non-hydrogen) atoms. The number of carboxylic acids is 1. The summed E-state index contributed by atoms with van der Waals surface area (Å²) < 4.78 is 0. The van der Waals surface area contributed by atoms with Crippen molar-refractivity contribution in [1.29, 1.82) is 0 Å². The van der Waals surface area contributed by atoms with Crippen LogP contribution in [0.5, 0.6) is 0 Å². The van der Waals surface area contributed by atoms with E-state index in [4.69, 9.17) is 0 Å². The van der Waals surface area contributed by atoms with Gasteiger partial charge < -0.3 is 15.7 Å². The van der Waals surface area contributed by atoms with E-state index < -0.39 is 11.9 Å². The van der Waals surface area contributed by atoms with E-state index in [1.165, 1.54) is 19.3 Å². The number of nitrogens with one attached hydrogen (secondary N) is 2. The average Bonchev–Trinajstić information content (AvgIpc) is 2.63. The molecule has 2 atom stereocenters. The van der Waals surface area contributed by atoms with Gasteiger partial charge in [-0.05, 0) is 37.5 Å². The summed E-state index contributed by atoms with van der Waals surface area (Å²) in [7, 11) is 0. The maximum atomic E-state index is 12.1. The molecule has 0 aromatic heterocycles. The van der Waals surface area contributed by atoms with Gasteiger partial charge in [-0.1, -0.05) is 32.6 Å². The highest BCUT2D eigenvalue weighted by molar-refractivity contribution is 5.76. The van der Waals surface area contributed by atoms with Crippen LogP contribution in [0.1, 0.15) is 64.7 Å². The van der Waals surface area contributed by atoms with E-state index in [0.717, 1.165) is 32.1 Å². The highest BCUT2D eigenvalue weighted by Crippen LogP contribution is 2.43. The van der Waals surface area contributed by atoms with Crippen molar-refractivity contribution < 1.29 is 14.7 Å². The lowest BCUT2D eigenvalue weighted by molar-refractivity contribution is -0.142. The van der Waals surface area contributed by atoms with Gasteiger partial charge in [0.2, 0.25) is 0 Å². The monoisotopic (exact) mass is 296 g/mol. The minimum absolute atomic E-state index is 0.201. The molecule has 2 saturated carbocycles. The molecule has 2 amide bonds. The van der Waals surface area contributed by atoms with Gasteiger partial charge >= 0.3 is 12.0 Å². The number of rotatable bonds is 5. The van der Waals surface area contributed by atoms with Gasteiger partial charge in [-0.25, -0.2) is 4.79 Å². The molecule has 0 radical (unpaired) electrons. The van der Waals surface area contributed by atoms with Gasteiger partial charge in [0.15, 0.2) is 0 Å². The number of carbonyl (C=O) groups is 2. The van der Waals surface area contributed by atoms with Crippen LogP contribution < -0.4 is 10.6 Å². The van der Waals surface area contributed by atoms with Crippen molar-refractivity contribution in [3.05, 3.63) is 0 Å². The first-order valence-electron chi connectivity index (χ1n) is 8.33. The Morgan fingerprint density at radius 3 is 2.43 bits per heavy atom. The summed E-state index contributed by atoms with van der Waals surface area (Å²) in [5.41, 5.74) is 0.285. The Morgan fingerprint density at radius 2 is 1.86 bits per heavy atom. The second-order valence-corrected chi connectivity index (χ2v) is 6.72. The molecule has 0 bridgehead atoms. The van der Waals surface area contributed by atoms with Crippen molar-refractivity contribution in [2.24, 2.45) is 11.3 Å². The number of hydrogen-bond donors (Lipinski definition) is 3. The minimum Gasteiger partial charge on any atom is -0.481 e. The predicted octanol–water partition coefficient (Wildman–Crippen LogP) is 2.90. The molecular formula is C16H28N2O3. The molecule has 2 fully saturated rings. The van der Waals surface area contributed by atoms with Gasteiger partial charge in [0.1, 0.15) is 0 Å².